The Bertz CT molecular complexity index is 219. The maximum Gasteiger partial charge on any atom is 0.121 e. The number of hydrogen-bond donors (Lipinski definition) is 1. The molecule has 1 aromatic carbocycles. The van der Waals surface area contributed by atoms with E-state index in [1.165, 1.54) is 0 Å². The van der Waals surface area contributed by atoms with Gasteiger partial charge in [-0.15, -0.1) is 0 Å². The molecule has 0 amide bonds. The average Bonchev–Trinajstić information content (AvgIpc) is 2.06. The summed E-state index contributed by atoms with van der Waals surface area (Å²) in [5.74, 6) is 0.797. The van der Waals surface area contributed by atoms with Crippen LogP contribution in [0.25, 0.3) is 0 Å². The van der Waals surface area contributed by atoms with Crippen LogP contribution in [0.1, 0.15) is 13.8 Å². The summed E-state index contributed by atoms with van der Waals surface area (Å²) in [4.78, 5) is 0. The summed E-state index contributed by atoms with van der Waals surface area (Å²) in [5, 5.41) is 9.16. The standard InChI is InChI=1S/C10H14O2/c1-8(11)9(2)12-10-6-4-3-5-7-10/h3-9,11H,1-2H3/t8-,9?/m1/s1. The summed E-state index contributed by atoms with van der Waals surface area (Å²) in [6.45, 7) is 3.56. The van der Waals surface area contributed by atoms with Gasteiger partial charge in [0.1, 0.15) is 11.9 Å². The first-order valence-electron chi connectivity index (χ1n) is 4.10. The third-order valence-electron chi connectivity index (χ3n) is 1.74. The van der Waals surface area contributed by atoms with E-state index in [1.54, 1.807) is 6.92 Å². The number of rotatable bonds is 3. The summed E-state index contributed by atoms with van der Waals surface area (Å²) < 4.78 is 5.43. The molecule has 1 N–H and O–H groups in total. The summed E-state index contributed by atoms with van der Waals surface area (Å²) in [6.07, 6.45) is -0.599. The number of hydrogen-bond acceptors (Lipinski definition) is 2. The van der Waals surface area contributed by atoms with Gasteiger partial charge in [-0.25, -0.2) is 0 Å². The van der Waals surface area contributed by atoms with E-state index in [-0.39, 0.29) is 6.10 Å². The van der Waals surface area contributed by atoms with E-state index >= 15 is 0 Å². The van der Waals surface area contributed by atoms with E-state index in [9.17, 15) is 0 Å². The van der Waals surface area contributed by atoms with Crippen molar-refractivity contribution < 1.29 is 9.84 Å². The van der Waals surface area contributed by atoms with E-state index in [4.69, 9.17) is 9.84 Å². The van der Waals surface area contributed by atoms with Crippen molar-refractivity contribution in [1.82, 2.24) is 0 Å². The molecule has 0 saturated carbocycles. The predicted molar refractivity (Wildman–Crippen MR) is 48.2 cm³/mol. The highest BCUT2D eigenvalue weighted by Gasteiger charge is 2.09. The van der Waals surface area contributed by atoms with Gasteiger partial charge in [0.05, 0.1) is 6.10 Å². The second kappa shape index (κ2) is 4.12. The maximum atomic E-state index is 9.16. The zero-order chi connectivity index (χ0) is 8.97. The SMILES string of the molecule is CC(Oc1ccccc1)[C@@H](C)O. The molecule has 1 rings (SSSR count). The first-order chi connectivity index (χ1) is 5.70. The number of aliphatic hydroxyl groups excluding tert-OH is 1. The number of aliphatic hydroxyl groups is 1. The lowest BCUT2D eigenvalue weighted by Gasteiger charge is -2.16. The Balaban J connectivity index is 2.53. The lowest BCUT2D eigenvalue weighted by Crippen LogP contribution is -2.25. The quantitative estimate of drug-likeness (QED) is 0.742. The van der Waals surface area contributed by atoms with Crippen LogP contribution in [0, 0.1) is 0 Å². The number of ether oxygens (including phenoxy) is 1. The second-order valence-electron chi connectivity index (χ2n) is 2.88. The Morgan fingerprint density at radius 3 is 2.25 bits per heavy atom. The Labute approximate surface area is 72.8 Å². The summed E-state index contributed by atoms with van der Waals surface area (Å²) in [5.41, 5.74) is 0. The Morgan fingerprint density at radius 1 is 1.17 bits per heavy atom. The minimum absolute atomic E-state index is 0.160. The van der Waals surface area contributed by atoms with Crippen LogP contribution in [0.2, 0.25) is 0 Å². The van der Waals surface area contributed by atoms with Gasteiger partial charge < -0.3 is 9.84 Å². The minimum atomic E-state index is -0.440. The molecule has 0 bridgehead atoms. The third-order valence-corrected chi connectivity index (χ3v) is 1.74. The molecule has 0 aliphatic heterocycles. The topological polar surface area (TPSA) is 29.5 Å². The van der Waals surface area contributed by atoms with Crippen LogP contribution in [0.4, 0.5) is 0 Å². The molecule has 66 valence electrons. The molecular weight excluding hydrogens is 152 g/mol. The van der Waals surface area contributed by atoms with Crippen molar-refractivity contribution in [3.63, 3.8) is 0 Å². The Hall–Kier alpha value is -1.02. The zero-order valence-electron chi connectivity index (χ0n) is 7.40. The molecule has 0 aliphatic carbocycles. The van der Waals surface area contributed by atoms with Crippen LogP contribution >= 0.6 is 0 Å². The molecular formula is C10H14O2. The fourth-order valence-electron chi connectivity index (χ4n) is 0.812. The van der Waals surface area contributed by atoms with Crippen LogP contribution < -0.4 is 4.74 Å². The van der Waals surface area contributed by atoms with E-state index in [0.29, 0.717) is 0 Å². The predicted octanol–water partition coefficient (Wildman–Crippen LogP) is 1.83. The van der Waals surface area contributed by atoms with Crippen molar-refractivity contribution in [2.24, 2.45) is 0 Å². The van der Waals surface area contributed by atoms with Gasteiger partial charge in [0.2, 0.25) is 0 Å². The van der Waals surface area contributed by atoms with E-state index in [0.717, 1.165) is 5.75 Å². The summed E-state index contributed by atoms with van der Waals surface area (Å²) in [7, 11) is 0. The van der Waals surface area contributed by atoms with Crippen LogP contribution in [0.3, 0.4) is 0 Å². The number of benzene rings is 1. The van der Waals surface area contributed by atoms with Gasteiger partial charge in [0, 0.05) is 0 Å². The number of para-hydroxylation sites is 1. The van der Waals surface area contributed by atoms with Crippen LogP contribution in [0.15, 0.2) is 30.3 Å². The van der Waals surface area contributed by atoms with Crippen molar-refractivity contribution in [2.75, 3.05) is 0 Å². The first kappa shape index (κ1) is 9.07. The molecule has 12 heavy (non-hydrogen) atoms. The van der Waals surface area contributed by atoms with Crippen molar-refractivity contribution in [3.8, 4) is 5.75 Å². The highest BCUT2D eigenvalue weighted by Crippen LogP contribution is 2.11. The lowest BCUT2D eigenvalue weighted by atomic mass is 10.2. The van der Waals surface area contributed by atoms with Gasteiger partial charge in [-0.1, -0.05) is 18.2 Å². The summed E-state index contributed by atoms with van der Waals surface area (Å²) >= 11 is 0. The van der Waals surface area contributed by atoms with Crippen LogP contribution in [-0.4, -0.2) is 17.3 Å². The van der Waals surface area contributed by atoms with Crippen LogP contribution in [0.5, 0.6) is 5.75 Å². The molecule has 0 heterocycles. The molecule has 0 radical (unpaired) electrons. The first-order valence-corrected chi connectivity index (χ1v) is 4.10. The van der Waals surface area contributed by atoms with Gasteiger partial charge >= 0.3 is 0 Å². The van der Waals surface area contributed by atoms with E-state index in [1.807, 2.05) is 37.3 Å². The smallest absolute Gasteiger partial charge is 0.121 e. The third kappa shape index (κ3) is 2.55. The fourth-order valence-corrected chi connectivity index (χ4v) is 0.812. The molecule has 1 unspecified atom stereocenters. The highest BCUT2D eigenvalue weighted by molar-refractivity contribution is 5.21. The molecule has 1 aromatic rings. The minimum Gasteiger partial charge on any atom is -0.488 e. The second-order valence-corrected chi connectivity index (χ2v) is 2.88. The van der Waals surface area contributed by atoms with Crippen molar-refractivity contribution >= 4 is 0 Å². The molecule has 0 aliphatic rings. The normalized spacial score (nSPS) is 15.2. The van der Waals surface area contributed by atoms with Crippen molar-refractivity contribution in [3.05, 3.63) is 30.3 Å². The van der Waals surface area contributed by atoms with Gasteiger partial charge in [0.25, 0.3) is 0 Å². The van der Waals surface area contributed by atoms with Gasteiger partial charge in [-0.05, 0) is 26.0 Å². The van der Waals surface area contributed by atoms with Crippen molar-refractivity contribution in [2.45, 2.75) is 26.1 Å². The fraction of sp³-hybridized carbons (Fsp3) is 0.400. The molecule has 2 nitrogen and oxygen atoms in total. The molecule has 0 fully saturated rings. The van der Waals surface area contributed by atoms with Crippen LogP contribution in [-0.2, 0) is 0 Å². The maximum absolute atomic E-state index is 9.16. The highest BCUT2D eigenvalue weighted by atomic mass is 16.5. The van der Waals surface area contributed by atoms with Gasteiger partial charge in [-0.3, -0.25) is 0 Å². The lowest BCUT2D eigenvalue weighted by molar-refractivity contribution is 0.0604. The molecule has 0 aromatic heterocycles. The van der Waals surface area contributed by atoms with E-state index < -0.39 is 6.10 Å². The van der Waals surface area contributed by atoms with Gasteiger partial charge in [-0.2, -0.15) is 0 Å². The molecule has 0 saturated heterocycles. The van der Waals surface area contributed by atoms with Crippen molar-refractivity contribution in [1.29, 1.82) is 0 Å². The zero-order valence-corrected chi connectivity index (χ0v) is 7.40. The largest absolute Gasteiger partial charge is 0.488 e. The monoisotopic (exact) mass is 166 g/mol. The molecule has 0 spiro atoms. The van der Waals surface area contributed by atoms with E-state index in [2.05, 4.69) is 0 Å². The van der Waals surface area contributed by atoms with Gasteiger partial charge in [0.15, 0.2) is 0 Å². The molecule has 2 atom stereocenters. The Morgan fingerprint density at radius 2 is 1.75 bits per heavy atom. The molecule has 2 heteroatoms. The Kier molecular flexibility index (Phi) is 3.11. The summed E-state index contributed by atoms with van der Waals surface area (Å²) in [6, 6.07) is 9.49. The average molecular weight is 166 g/mol.